The Morgan fingerprint density at radius 2 is 1.25 bits per heavy atom. The Kier molecular flexibility index (Phi) is 10.5. The molecule has 0 unspecified atom stereocenters. The molecule has 0 aliphatic carbocycles. The van der Waals surface area contributed by atoms with Gasteiger partial charge in [-0.2, -0.15) is 0 Å². The van der Waals surface area contributed by atoms with Crippen LogP contribution >= 0.6 is 0 Å². The highest BCUT2D eigenvalue weighted by Gasteiger charge is 2.27. The summed E-state index contributed by atoms with van der Waals surface area (Å²) >= 11 is 0. The van der Waals surface area contributed by atoms with Gasteiger partial charge in [-0.3, -0.25) is 9.59 Å². The fraction of sp³-hybridized carbons (Fsp3) is 0.317. The predicted octanol–water partition coefficient (Wildman–Crippen LogP) is 5.71. The number of halogens is 2. The number of carbonyl (C=O) groups is 2. The van der Waals surface area contributed by atoms with Gasteiger partial charge < -0.3 is 41.4 Å². The molecule has 4 bridgehead atoms. The van der Waals surface area contributed by atoms with Crippen LogP contribution in [0.5, 0.6) is 11.5 Å². The number of fused-ring (bicyclic) bond motifs is 4. The van der Waals surface area contributed by atoms with Gasteiger partial charge in [0.1, 0.15) is 58.1 Å². The molecule has 2 amide bonds. The summed E-state index contributed by atoms with van der Waals surface area (Å²) in [5.74, 6) is -1.82. The van der Waals surface area contributed by atoms with Crippen molar-refractivity contribution in [3.05, 3.63) is 106 Å². The standard InChI is InChI=1S/2C20H20FN7O2.CH4/c2*1-4-27-10-12-14(6-5-13(21)17(12)23-3)30-11(2)9-24-20(29)16-18(22)26-28-8-7-15(27)25-19(16)28;/h2*5-8,11H,4,9-10H2,1-2H3,(H2,22,26)(H,24,29);1H4/t2*11-;/m10./s1/i;1D3,4D2;. The zero-order valence-corrected chi connectivity index (χ0v) is 32.3. The molecule has 20 heteroatoms. The largest absolute Gasteiger partial charge is 0.490 e. The van der Waals surface area contributed by atoms with Crippen molar-refractivity contribution in [1.29, 1.82) is 0 Å². The van der Waals surface area contributed by atoms with E-state index in [1.165, 1.54) is 39.5 Å². The Morgan fingerprint density at radius 1 is 0.803 bits per heavy atom. The third-order valence-electron chi connectivity index (χ3n) is 9.59. The summed E-state index contributed by atoms with van der Waals surface area (Å²) in [6, 6.07) is 8.03. The molecule has 2 aliphatic heterocycles. The number of hydrogen-bond acceptors (Lipinski definition) is 12. The van der Waals surface area contributed by atoms with Crippen LogP contribution in [0.15, 0.2) is 48.8 Å². The highest BCUT2D eigenvalue weighted by molar-refractivity contribution is 6.05. The average molecular weight is 840 g/mol. The van der Waals surface area contributed by atoms with E-state index in [1.54, 1.807) is 26.1 Å². The van der Waals surface area contributed by atoms with Crippen LogP contribution in [0.1, 0.15) is 73.7 Å². The minimum Gasteiger partial charge on any atom is -0.490 e. The van der Waals surface area contributed by atoms with E-state index < -0.39 is 61.2 Å². The smallest absolute Gasteiger partial charge is 0.259 e. The number of nitrogens with one attached hydrogen (secondary N) is 2. The highest BCUT2D eigenvalue weighted by Crippen LogP contribution is 2.36. The summed E-state index contributed by atoms with van der Waals surface area (Å²) in [5.41, 5.74) is 12.1. The number of benzene rings is 2. The minimum absolute atomic E-state index is 0. The van der Waals surface area contributed by atoms with Gasteiger partial charge in [-0.15, -0.1) is 10.2 Å². The summed E-state index contributed by atoms with van der Waals surface area (Å²) in [5, 5.41) is 13.6. The average Bonchev–Trinajstić information content (AvgIpc) is 3.77. The lowest BCUT2D eigenvalue weighted by atomic mass is 10.1. The fourth-order valence-corrected chi connectivity index (χ4v) is 6.63. The lowest BCUT2D eigenvalue weighted by molar-refractivity contribution is 0.0927. The highest BCUT2D eigenvalue weighted by atomic mass is 19.1. The number of ether oxygens (including phenoxy) is 2. The van der Waals surface area contributed by atoms with Gasteiger partial charge in [0, 0.05) is 56.5 Å². The van der Waals surface area contributed by atoms with Crippen molar-refractivity contribution in [2.75, 3.05) is 47.4 Å². The van der Waals surface area contributed by atoms with Crippen molar-refractivity contribution in [1.82, 2.24) is 39.8 Å². The molecule has 316 valence electrons. The van der Waals surface area contributed by atoms with Gasteiger partial charge in [-0.1, -0.05) is 7.43 Å². The van der Waals surface area contributed by atoms with Crippen LogP contribution in [0, 0.1) is 24.8 Å². The number of hydrogen-bond donors (Lipinski definition) is 4. The first-order chi connectivity index (χ1) is 30.8. The number of amides is 2. The molecule has 8 rings (SSSR count). The van der Waals surface area contributed by atoms with Crippen LogP contribution in [0.2, 0.25) is 0 Å². The van der Waals surface area contributed by atoms with Crippen LogP contribution in [-0.2, 0) is 13.1 Å². The van der Waals surface area contributed by atoms with Gasteiger partial charge in [0.15, 0.2) is 22.9 Å². The molecule has 6 heterocycles. The second-order valence-electron chi connectivity index (χ2n) is 13.6. The topological polar surface area (TPSA) is 204 Å². The summed E-state index contributed by atoms with van der Waals surface area (Å²) in [4.78, 5) is 43.8. The van der Waals surface area contributed by atoms with Gasteiger partial charge in [0.25, 0.3) is 11.8 Å². The van der Waals surface area contributed by atoms with E-state index in [4.69, 9.17) is 40.9 Å². The molecule has 6 N–H and O–H groups in total. The van der Waals surface area contributed by atoms with Crippen molar-refractivity contribution in [2.45, 2.75) is 60.3 Å². The molecular formula is C41H44F2N14O4. The summed E-state index contributed by atoms with van der Waals surface area (Å²) in [6.07, 6.45) is 1.90. The van der Waals surface area contributed by atoms with E-state index in [2.05, 4.69) is 40.5 Å². The third kappa shape index (κ3) is 8.28. The minimum atomic E-state index is -3.17. The quantitative estimate of drug-likeness (QED) is 0.155. The van der Waals surface area contributed by atoms with E-state index in [0.717, 1.165) is 11.0 Å². The normalized spacial score (nSPS) is 18.0. The maximum Gasteiger partial charge on any atom is 0.259 e. The third-order valence-corrected chi connectivity index (χ3v) is 9.59. The molecule has 0 spiro atoms. The molecule has 0 saturated heterocycles. The Bertz CT molecular complexity index is 2950. The summed E-state index contributed by atoms with van der Waals surface area (Å²) in [6.45, 7) is 14.4. The maximum atomic E-state index is 14.6. The van der Waals surface area contributed by atoms with E-state index >= 15 is 0 Å². The van der Waals surface area contributed by atoms with Gasteiger partial charge in [-0.25, -0.2) is 37.5 Å². The molecule has 0 radical (unpaired) electrons. The van der Waals surface area contributed by atoms with E-state index in [-0.39, 0.29) is 78.3 Å². The zero-order valence-electron chi connectivity index (χ0n) is 37.3. The van der Waals surface area contributed by atoms with Crippen LogP contribution in [-0.4, -0.2) is 79.3 Å². The number of rotatable bonds is 2. The van der Waals surface area contributed by atoms with Crippen molar-refractivity contribution >= 4 is 57.8 Å². The van der Waals surface area contributed by atoms with Gasteiger partial charge in [-0.05, 0) is 64.0 Å². The first kappa shape index (κ1) is 36.3. The van der Waals surface area contributed by atoms with Crippen molar-refractivity contribution in [3.63, 3.8) is 0 Å². The number of aromatic nitrogens is 6. The SMILES string of the molecule is C.[2H]C([2H])([2H])C([2H])([2H])N1Cc2c(ccc(F)c2[N+]#[C-])O[C@@H](C)CNC(=O)c2c(N)nn3ccc1nc23.[C-]#[N+]c1c(F)ccc2c1CN(CC)c1ccn3nc(N)c(c3n1)C(=O)NC[C@@H](C)O2. The number of anilines is 4. The van der Waals surface area contributed by atoms with Crippen molar-refractivity contribution in [3.8, 4) is 11.5 Å². The monoisotopic (exact) mass is 839 g/mol. The molecule has 61 heavy (non-hydrogen) atoms. The molecule has 2 aliphatic rings. The number of nitrogen functional groups attached to an aromatic ring is 2. The molecule has 2 aromatic carbocycles. The van der Waals surface area contributed by atoms with Gasteiger partial charge in [0.2, 0.25) is 11.4 Å². The Labute approximate surface area is 356 Å². The van der Waals surface area contributed by atoms with E-state index in [9.17, 15) is 18.4 Å². The fourth-order valence-electron chi connectivity index (χ4n) is 6.63. The van der Waals surface area contributed by atoms with Crippen LogP contribution < -0.4 is 41.4 Å². The molecule has 6 aromatic rings. The first-order valence-corrected chi connectivity index (χ1v) is 18.4. The first-order valence-electron chi connectivity index (χ1n) is 20.9. The number of nitrogens with zero attached hydrogens (tertiary/aromatic N) is 10. The maximum absolute atomic E-state index is 14.6. The predicted molar refractivity (Wildman–Crippen MR) is 225 cm³/mol. The summed E-state index contributed by atoms with van der Waals surface area (Å²) in [7, 11) is 0. The van der Waals surface area contributed by atoms with Gasteiger partial charge >= 0.3 is 0 Å². The zero-order chi connectivity index (χ0) is 47.1. The van der Waals surface area contributed by atoms with Crippen LogP contribution in [0.3, 0.4) is 0 Å². The van der Waals surface area contributed by atoms with E-state index in [1.807, 2.05) is 11.8 Å². The lowest BCUT2D eigenvalue weighted by Gasteiger charge is -2.25. The molecule has 0 fully saturated rings. The molecule has 18 nitrogen and oxygen atoms in total. The number of nitrogens with two attached hydrogens (primary N) is 2. The Hall–Kier alpha value is -7.74. The van der Waals surface area contributed by atoms with Gasteiger partial charge in [0.05, 0.1) is 26.2 Å². The molecule has 4 aromatic heterocycles. The van der Waals surface area contributed by atoms with Crippen molar-refractivity contribution < 1.29 is 34.7 Å². The second-order valence-corrected chi connectivity index (χ2v) is 13.6. The summed E-state index contributed by atoms with van der Waals surface area (Å²) < 4.78 is 83.7. The molecule has 2 atom stereocenters. The van der Waals surface area contributed by atoms with E-state index in [0.29, 0.717) is 29.3 Å². The van der Waals surface area contributed by atoms with Crippen molar-refractivity contribution in [2.24, 2.45) is 0 Å². The van der Waals surface area contributed by atoms with Crippen LogP contribution in [0.25, 0.3) is 21.0 Å². The number of carbonyl (C=O) groups excluding carboxylic acids is 2. The second kappa shape index (κ2) is 17.6. The Balaban J connectivity index is 0.000000217. The Morgan fingerprint density at radius 3 is 1.67 bits per heavy atom. The molecular weight excluding hydrogens is 791 g/mol. The lowest BCUT2D eigenvalue weighted by Crippen LogP contribution is -2.34. The van der Waals surface area contributed by atoms with Crippen LogP contribution in [0.4, 0.5) is 43.4 Å². The molecule has 0 saturated carbocycles.